The van der Waals surface area contributed by atoms with Gasteiger partial charge in [-0.1, -0.05) is 18.2 Å². The lowest BCUT2D eigenvalue weighted by Gasteiger charge is -2.24. The first-order chi connectivity index (χ1) is 17.4. The summed E-state index contributed by atoms with van der Waals surface area (Å²) in [6.45, 7) is 0.726. The topological polar surface area (TPSA) is 120 Å². The van der Waals surface area contributed by atoms with Crippen LogP contribution in [0.3, 0.4) is 0 Å². The second kappa shape index (κ2) is 12.4. The third-order valence-electron chi connectivity index (χ3n) is 5.40. The summed E-state index contributed by atoms with van der Waals surface area (Å²) >= 11 is 0. The Labute approximate surface area is 211 Å². The molecule has 1 aliphatic rings. The summed E-state index contributed by atoms with van der Waals surface area (Å²) in [5.41, 5.74) is -0.201. The normalized spacial score (nSPS) is 19.2. The fourth-order valence-electron chi connectivity index (χ4n) is 3.67. The Balaban J connectivity index is 1.66. The van der Waals surface area contributed by atoms with Crippen molar-refractivity contribution in [3.8, 4) is 11.5 Å². The number of nitrogens with one attached hydrogen (secondary N) is 1. The summed E-state index contributed by atoms with van der Waals surface area (Å²) in [5.74, 6) is -0.612. The van der Waals surface area contributed by atoms with Crippen molar-refractivity contribution in [2.24, 2.45) is 0 Å². The monoisotopic (exact) mass is 545 g/mol. The number of nitro groups is 1. The maximum atomic E-state index is 13.6. The maximum Gasteiger partial charge on any atom is 0.513 e. The first-order valence-electron chi connectivity index (χ1n) is 11.5. The molecule has 1 heterocycles. The van der Waals surface area contributed by atoms with E-state index in [0.29, 0.717) is 12.8 Å². The predicted molar refractivity (Wildman–Crippen MR) is 127 cm³/mol. The van der Waals surface area contributed by atoms with Gasteiger partial charge in [0.1, 0.15) is 23.6 Å². The van der Waals surface area contributed by atoms with Crippen molar-refractivity contribution in [1.29, 1.82) is 0 Å². The maximum absolute atomic E-state index is 13.6. The minimum absolute atomic E-state index is 0.00791. The molecule has 0 radical (unpaired) electrons. The molecule has 0 bridgehead atoms. The lowest BCUT2D eigenvalue weighted by molar-refractivity contribution is -0.384. The molecule has 0 saturated carbocycles. The number of rotatable bonds is 10. The molecule has 0 spiro atoms. The number of nitro benzene ring substituents is 1. The van der Waals surface area contributed by atoms with Gasteiger partial charge < -0.3 is 13.8 Å². The van der Waals surface area contributed by atoms with Crippen LogP contribution in [0.4, 0.5) is 18.9 Å². The highest BCUT2D eigenvalue weighted by atomic mass is 31.2. The van der Waals surface area contributed by atoms with Crippen LogP contribution >= 0.6 is 7.75 Å². The smallest absolute Gasteiger partial charge is 0.461 e. The fraction of sp³-hybridized carbons (Fsp3) is 0.435. The van der Waals surface area contributed by atoms with E-state index in [2.05, 4.69) is 5.09 Å². The summed E-state index contributed by atoms with van der Waals surface area (Å²) in [4.78, 5) is 24.3. The Bertz CT molecular complexity index is 1100. The predicted octanol–water partition coefficient (Wildman–Crippen LogP) is 5.10. The Kier molecular flexibility index (Phi) is 9.52. The Morgan fingerprint density at radius 3 is 2.32 bits per heavy atom. The third kappa shape index (κ3) is 9.34. The number of para-hydroxylation sites is 1. The largest absolute Gasteiger partial charge is 0.513 e. The van der Waals surface area contributed by atoms with E-state index in [-0.39, 0.29) is 36.7 Å². The van der Waals surface area contributed by atoms with Crippen molar-refractivity contribution in [2.45, 2.75) is 44.5 Å². The Hall–Kier alpha value is -3.15. The highest BCUT2D eigenvalue weighted by molar-refractivity contribution is 7.52. The van der Waals surface area contributed by atoms with Crippen LogP contribution in [0.2, 0.25) is 0 Å². The summed E-state index contributed by atoms with van der Waals surface area (Å²) < 4.78 is 68.2. The molecule has 0 aliphatic carbocycles. The number of ether oxygens (including phenoxy) is 1. The average molecular weight is 545 g/mol. The number of alkyl halides is 3. The van der Waals surface area contributed by atoms with Crippen LogP contribution in [0, 0.1) is 10.1 Å². The highest BCUT2D eigenvalue weighted by Crippen LogP contribution is 2.45. The van der Waals surface area contributed by atoms with Crippen molar-refractivity contribution in [3.63, 3.8) is 0 Å². The molecule has 10 nitrogen and oxygen atoms in total. The number of non-ortho nitro benzene ring substituents is 1. The first-order valence-corrected chi connectivity index (χ1v) is 13.0. The fourth-order valence-corrected chi connectivity index (χ4v) is 5.19. The zero-order valence-corrected chi connectivity index (χ0v) is 20.8. The van der Waals surface area contributed by atoms with Crippen LogP contribution in [-0.2, 0) is 14.1 Å². The SMILES string of the molecule is CC(NP(=O)(Oc1ccccc1)Oc1ccc([N+](=O)[O-])cc1)C(=O)OC1CCCN(CC(F)(F)F)CC1. The van der Waals surface area contributed by atoms with Gasteiger partial charge in [-0.25, -0.2) is 4.57 Å². The molecule has 14 heteroatoms. The second-order valence-corrected chi connectivity index (χ2v) is 10.1. The van der Waals surface area contributed by atoms with Crippen molar-refractivity contribution in [2.75, 3.05) is 19.6 Å². The van der Waals surface area contributed by atoms with Crippen LogP contribution in [-0.4, -0.2) is 53.7 Å². The molecular weight excluding hydrogens is 518 g/mol. The number of carbonyl (C=O) groups excluding carboxylic acids is 1. The minimum atomic E-state index is -4.31. The van der Waals surface area contributed by atoms with Crippen LogP contribution in [0.1, 0.15) is 26.2 Å². The molecule has 202 valence electrons. The van der Waals surface area contributed by atoms with Gasteiger partial charge in [-0.05, 0) is 57.0 Å². The summed E-state index contributed by atoms with van der Waals surface area (Å²) in [7, 11) is -4.26. The molecule has 2 aromatic carbocycles. The number of esters is 1. The van der Waals surface area contributed by atoms with Gasteiger partial charge in [-0.3, -0.25) is 19.8 Å². The number of halogens is 3. The molecule has 1 aliphatic heterocycles. The lowest BCUT2D eigenvalue weighted by Crippen LogP contribution is -2.38. The molecule has 1 N–H and O–H groups in total. The van der Waals surface area contributed by atoms with Crippen LogP contribution in [0.25, 0.3) is 0 Å². The quantitative estimate of drug-likeness (QED) is 0.188. The van der Waals surface area contributed by atoms with Crippen LogP contribution < -0.4 is 14.1 Å². The van der Waals surface area contributed by atoms with E-state index in [0.717, 1.165) is 12.1 Å². The molecule has 3 atom stereocenters. The molecule has 0 aromatic heterocycles. The third-order valence-corrected chi connectivity index (χ3v) is 7.01. The number of nitrogens with zero attached hydrogens (tertiary/aromatic N) is 2. The van der Waals surface area contributed by atoms with E-state index in [9.17, 15) is 32.6 Å². The number of likely N-dealkylation sites (tertiary alicyclic amines) is 1. The van der Waals surface area contributed by atoms with Gasteiger partial charge in [0.15, 0.2) is 0 Å². The summed E-state index contributed by atoms with van der Waals surface area (Å²) in [5, 5.41) is 13.4. The van der Waals surface area contributed by atoms with E-state index in [1.54, 1.807) is 18.2 Å². The molecule has 3 rings (SSSR count). The van der Waals surface area contributed by atoms with Gasteiger partial charge in [0, 0.05) is 18.7 Å². The molecule has 3 unspecified atom stereocenters. The molecule has 0 amide bonds. The Morgan fingerprint density at radius 1 is 1.11 bits per heavy atom. The second-order valence-electron chi connectivity index (χ2n) is 8.48. The van der Waals surface area contributed by atoms with Crippen molar-refractivity contribution in [3.05, 3.63) is 64.7 Å². The zero-order valence-electron chi connectivity index (χ0n) is 19.9. The van der Waals surface area contributed by atoms with E-state index in [1.807, 2.05) is 0 Å². The molecule has 1 fully saturated rings. The van der Waals surface area contributed by atoms with E-state index < -0.39 is 43.5 Å². The average Bonchev–Trinajstić information content (AvgIpc) is 3.03. The van der Waals surface area contributed by atoms with E-state index in [1.165, 1.54) is 36.1 Å². The van der Waals surface area contributed by atoms with Crippen LogP contribution in [0.5, 0.6) is 11.5 Å². The number of hydrogen-bond acceptors (Lipinski definition) is 8. The van der Waals surface area contributed by atoms with E-state index >= 15 is 0 Å². The van der Waals surface area contributed by atoms with Gasteiger partial charge in [0.25, 0.3) is 5.69 Å². The van der Waals surface area contributed by atoms with Gasteiger partial charge in [-0.15, -0.1) is 0 Å². The number of hydrogen-bond donors (Lipinski definition) is 1. The first kappa shape index (κ1) is 28.4. The highest BCUT2D eigenvalue weighted by Gasteiger charge is 2.36. The van der Waals surface area contributed by atoms with E-state index in [4.69, 9.17) is 13.8 Å². The van der Waals surface area contributed by atoms with Gasteiger partial charge >= 0.3 is 19.9 Å². The lowest BCUT2D eigenvalue weighted by atomic mass is 10.1. The van der Waals surface area contributed by atoms with Gasteiger partial charge in [0.05, 0.1) is 11.5 Å². The zero-order chi connectivity index (χ0) is 27.1. The number of benzene rings is 2. The van der Waals surface area contributed by atoms with Gasteiger partial charge in [-0.2, -0.15) is 18.3 Å². The molecular formula is C23H27F3N3O7P. The molecule has 37 heavy (non-hydrogen) atoms. The van der Waals surface area contributed by atoms with Crippen molar-refractivity contribution in [1.82, 2.24) is 9.99 Å². The Morgan fingerprint density at radius 2 is 1.73 bits per heavy atom. The molecule has 2 aromatic rings. The molecule has 1 saturated heterocycles. The minimum Gasteiger partial charge on any atom is -0.461 e. The number of carbonyl (C=O) groups is 1. The van der Waals surface area contributed by atoms with Crippen molar-refractivity contribution < 1.29 is 41.2 Å². The van der Waals surface area contributed by atoms with Crippen molar-refractivity contribution >= 4 is 19.4 Å². The summed E-state index contributed by atoms with van der Waals surface area (Å²) in [6, 6.07) is 11.7. The van der Waals surface area contributed by atoms with Crippen LogP contribution in [0.15, 0.2) is 54.6 Å². The standard InChI is InChI=1S/C23H27F3N3O7P/c1-17(22(30)34-19-8-5-14-28(15-13-19)16-23(24,25)26)27-37(33,35-20-6-3-2-4-7-20)36-21-11-9-18(10-12-21)29(31)32/h2-4,6-7,9-12,17,19H,5,8,13-16H2,1H3,(H,27,33). The summed E-state index contributed by atoms with van der Waals surface area (Å²) in [6.07, 6.45) is -3.86. The van der Waals surface area contributed by atoms with Gasteiger partial charge in [0.2, 0.25) is 0 Å².